The van der Waals surface area contributed by atoms with Crippen LogP contribution in [-0.2, 0) is 13.0 Å². The number of H-pyrrole nitrogens is 1. The molecule has 0 aliphatic carbocycles. The van der Waals surface area contributed by atoms with Crippen LogP contribution in [0.4, 0.5) is 0 Å². The molecule has 1 unspecified atom stereocenters. The van der Waals surface area contributed by atoms with E-state index in [1.807, 2.05) is 29.3 Å². The van der Waals surface area contributed by atoms with Crippen LogP contribution in [0.2, 0.25) is 0 Å². The molecule has 1 N–H and O–H groups in total. The molecule has 0 bridgehead atoms. The summed E-state index contributed by atoms with van der Waals surface area (Å²) in [6.07, 6.45) is 7.53. The van der Waals surface area contributed by atoms with Gasteiger partial charge in [-0.3, -0.25) is 4.68 Å². The molecule has 7 nitrogen and oxygen atoms in total. The zero-order chi connectivity index (χ0) is 15.4. The molecule has 1 aliphatic rings. The van der Waals surface area contributed by atoms with Crippen LogP contribution in [0.25, 0.3) is 22.1 Å². The summed E-state index contributed by atoms with van der Waals surface area (Å²) in [5, 5.41) is 14.5. The highest BCUT2D eigenvalue weighted by atomic mass is 15.3. The zero-order valence-corrected chi connectivity index (χ0v) is 12.3. The van der Waals surface area contributed by atoms with Gasteiger partial charge in [0, 0.05) is 17.3 Å². The molecular formula is C16H13N7. The van der Waals surface area contributed by atoms with Gasteiger partial charge in [0.2, 0.25) is 0 Å². The van der Waals surface area contributed by atoms with Crippen molar-refractivity contribution in [3.63, 3.8) is 0 Å². The van der Waals surface area contributed by atoms with E-state index in [-0.39, 0.29) is 6.04 Å². The quantitative estimate of drug-likeness (QED) is 0.583. The summed E-state index contributed by atoms with van der Waals surface area (Å²) in [6, 6.07) is 6.32. The highest BCUT2D eigenvalue weighted by Gasteiger charge is 2.23. The first-order valence-electron chi connectivity index (χ1n) is 7.59. The van der Waals surface area contributed by atoms with Gasteiger partial charge in [-0.15, -0.1) is 0 Å². The first kappa shape index (κ1) is 12.4. The molecule has 1 aliphatic heterocycles. The Labute approximate surface area is 131 Å². The fourth-order valence-electron chi connectivity index (χ4n) is 3.51. The number of imidazole rings is 1. The van der Waals surface area contributed by atoms with Crippen molar-refractivity contribution < 1.29 is 0 Å². The van der Waals surface area contributed by atoms with E-state index in [0.29, 0.717) is 5.69 Å². The van der Waals surface area contributed by atoms with Gasteiger partial charge < -0.3 is 9.55 Å². The van der Waals surface area contributed by atoms with Gasteiger partial charge in [-0.05, 0) is 25.0 Å². The van der Waals surface area contributed by atoms with Gasteiger partial charge in [0.15, 0.2) is 5.69 Å². The molecule has 1 atom stereocenters. The van der Waals surface area contributed by atoms with E-state index >= 15 is 0 Å². The van der Waals surface area contributed by atoms with Crippen LogP contribution in [0, 0.1) is 11.3 Å². The lowest BCUT2D eigenvalue weighted by molar-refractivity contribution is 0.348. The van der Waals surface area contributed by atoms with E-state index in [1.54, 1.807) is 6.20 Å². The van der Waals surface area contributed by atoms with Crippen LogP contribution in [0.3, 0.4) is 0 Å². The average Bonchev–Trinajstić information content (AvgIpc) is 3.29. The number of rotatable bonds is 1. The van der Waals surface area contributed by atoms with Crippen molar-refractivity contribution in [2.24, 2.45) is 0 Å². The van der Waals surface area contributed by atoms with E-state index in [1.165, 1.54) is 0 Å². The number of pyridine rings is 1. The lowest BCUT2D eigenvalue weighted by Crippen LogP contribution is -2.23. The van der Waals surface area contributed by atoms with Crippen molar-refractivity contribution in [2.75, 3.05) is 0 Å². The maximum Gasteiger partial charge on any atom is 0.162 e. The van der Waals surface area contributed by atoms with Gasteiger partial charge in [0.25, 0.3) is 0 Å². The number of nitriles is 1. The molecule has 4 aromatic rings. The largest absolute Gasteiger partial charge is 0.346 e. The second-order valence-corrected chi connectivity index (χ2v) is 5.89. The van der Waals surface area contributed by atoms with Gasteiger partial charge in [-0.2, -0.15) is 10.4 Å². The molecular weight excluding hydrogens is 290 g/mol. The molecule has 5 rings (SSSR count). The fourth-order valence-corrected chi connectivity index (χ4v) is 3.51. The lowest BCUT2D eigenvalue weighted by atomic mass is 10.0. The number of aromatic nitrogens is 6. The predicted octanol–water partition coefficient (Wildman–Crippen LogP) is 2.17. The van der Waals surface area contributed by atoms with Crippen LogP contribution in [0.1, 0.15) is 23.9 Å². The average molecular weight is 303 g/mol. The second kappa shape index (κ2) is 4.43. The zero-order valence-electron chi connectivity index (χ0n) is 12.3. The van der Waals surface area contributed by atoms with E-state index in [0.717, 1.165) is 47.1 Å². The van der Waals surface area contributed by atoms with E-state index in [4.69, 9.17) is 5.26 Å². The summed E-state index contributed by atoms with van der Waals surface area (Å²) >= 11 is 0. The molecule has 0 saturated carbocycles. The highest BCUT2D eigenvalue weighted by molar-refractivity contribution is 6.00. The SMILES string of the molecule is N#Cc1cc2n(n1)CC(n1cnc3cnc4[nH]ccc4c31)CC2. The second-order valence-electron chi connectivity index (χ2n) is 5.89. The van der Waals surface area contributed by atoms with Gasteiger partial charge in [0.1, 0.15) is 17.2 Å². The third kappa shape index (κ3) is 1.72. The molecule has 0 amide bonds. The minimum absolute atomic E-state index is 0.277. The third-order valence-corrected chi connectivity index (χ3v) is 4.61. The summed E-state index contributed by atoms with van der Waals surface area (Å²) in [5.41, 5.74) is 4.52. The molecule has 7 heteroatoms. The fraction of sp³-hybridized carbons (Fsp3) is 0.250. The number of hydrogen-bond donors (Lipinski definition) is 1. The van der Waals surface area contributed by atoms with E-state index < -0.39 is 0 Å². The lowest BCUT2D eigenvalue weighted by Gasteiger charge is -2.25. The molecule has 0 aromatic carbocycles. The smallest absolute Gasteiger partial charge is 0.162 e. The standard InChI is InChI=1S/C16H13N7/c17-6-10-5-11-1-2-12(8-23(11)21-10)22-9-20-14-7-19-16-13(15(14)22)3-4-18-16/h3-5,7,9,12H,1-2,8H2,(H,18,19). The Hall–Kier alpha value is -3.14. The highest BCUT2D eigenvalue weighted by Crippen LogP contribution is 2.30. The third-order valence-electron chi connectivity index (χ3n) is 4.61. The molecule has 112 valence electrons. The predicted molar refractivity (Wildman–Crippen MR) is 83.7 cm³/mol. The number of hydrogen-bond acceptors (Lipinski definition) is 4. The maximum absolute atomic E-state index is 9.02. The maximum atomic E-state index is 9.02. The van der Waals surface area contributed by atoms with E-state index in [9.17, 15) is 0 Å². The molecule has 23 heavy (non-hydrogen) atoms. The molecule has 0 radical (unpaired) electrons. The number of nitrogens with one attached hydrogen (secondary N) is 1. The van der Waals surface area contributed by atoms with Crippen molar-refractivity contribution in [3.8, 4) is 6.07 Å². The van der Waals surface area contributed by atoms with Crippen molar-refractivity contribution in [3.05, 3.63) is 42.2 Å². The van der Waals surface area contributed by atoms with Gasteiger partial charge in [0.05, 0.1) is 30.6 Å². The van der Waals surface area contributed by atoms with Crippen LogP contribution >= 0.6 is 0 Å². The molecule has 5 heterocycles. The monoisotopic (exact) mass is 303 g/mol. The minimum atomic E-state index is 0.277. The Bertz CT molecular complexity index is 1080. The summed E-state index contributed by atoms with van der Waals surface area (Å²) in [7, 11) is 0. The minimum Gasteiger partial charge on any atom is -0.346 e. The molecule has 0 fully saturated rings. The van der Waals surface area contributed by atoms with Crippen molar-refractivity contribution >= 4 is 22.1 Å². The van der Waals surface area contributed by atoms with Gasteiger partial charge in [-0.25, -0.2) is 9.97 Å². The summed E-state index contributed by atoms with van der Waals surface area (Å²) in [4.78, 5) is 12.1. The van der Waals surface area contributed by atoms with Crippen molar-refractivity contribution in [1.29, 1.82) is 5.26 Å². The molecule has 0 spiro atoms. The van der Waals surface area contributed by atoms with Crippen molar-refractivity contribution in [2.45, 2.75) is 25.4 Å². The number of aromatic amines is 1. The Balaban J connectivity index is 1.64. The molecule has 4 aromatic heterocycles. The Kier molecular flexibility index (Phi) is 2.39. The number of aryl methyl sites for hydroxylation is 1. The van der Waals surface area contributed by atoms with E-state index in [2.05, 4.69) is 30.7 Å². The number of fused-ring (bicyclic) bond motifs is 4. The topological polar surface area (TPSA) is 88.1 Å². The van der Waals surface area contributed by atoms with Crippen LogP contribution in [0.5, 0.6) is 0 Å². The van der Waals surface area contributed by atoms with Crippen LogP contribution in [-0.4, -0.2) is 29.3 Å². The summed E-state index contributed by atoms with van der Waals surface area (Å²) in [5.74, 6) is 0. The van der Waals surface area contributed by atoms with Crippen molar-refractivity contribution in [1.82, 2.24) is 29.3 Å². The van der Waals surface area contributed by atoms with Crippen LogP contribution < -0.4 is 0 Å². The Morgan fingerprint density at radius 3 is 3.22 bits per heavy atom. The summed E-state index contributed by atoms with van der Waals surface area (Å²) in [6.45, 7) is 0.761. The Morgan fingerprint density at radius 1 is 1.35 bits per heavy atom. The number of nitrogens with zero attached hydrogens (tertiary/aromatic N) is 6. The Morgan fingerprint density at radius 2 is 2.30 bits per heavy atom. The summed E-state index contributed by atoms with van der Waals surface area (Å²) < 4.78 is 4.18. The van der Waals surface area contributed by atoms with Gasteiger partial charge in [-0.1, -0.05) is 0 Å². The first-order valence-corrected chi connectivity index (χ1v) is 7.59. The molecule has 0 saturated heterocycles. The first-order chi connectivity index (χ1) is 11.3. The van der Waals surface area contributed by atoms with Crippen LogP contribution in [0.15, 0.2) is 30.9 Å². The normalized spacial score (nSPS) is 17.4. The van der Waals surface area contributed by atoms with Gasteiger partial charge >= 0.3 is 0 Å².